The van der Waals surface area contributed by atoms with Crippen molar-refractivity contribution < 1.29 is 28.8 Å². The summed E-state index contributed by atoms with van der Waals surface area (Å²) in [5.41, 5.74) is 0. The van der Waals surface area contributed by atoms with Gasteiger partial charge in [0.2, 0.25) is 5.91 Å². The Labute approximate surface area is 297 Å². The zero-order valence-corrected chi connectivity index (χ0v) is 32.5. The van der Waals surface area contributed by atoms with Gasteiger partial charge in [-0.2, -0.15) is 0 Å². The Bertz CT molecular complexity index is 758. The minimum atomic E-state index is -5.21. The monoisotopic (exact) mass is 700 g/mol. The SMILES string of the molecule is CCCCCCCCCCCCC/C=C/[C@@H](O)[C@H](COP(=O)([O-])[O-])NC(=O)CCCCCCCCCCCCCCCCCCCCC. The molecule has 0 saturated carbocycles. The van der Waals surface area contributed by atoms with Gasteiger partial charge in [0.15, 0.2) is 0 Å². The first-order chi connectivity index (χ1) is 23.3. The van der Waals surface area contributed by atoms with Crippen molar-refractivity contribution in [1.82, 2.24) is 5.32 Å². The number of aliphatic hydroxyl groups is 1. The number of phosphoric acid groups is 1. The predicted octanol–water partition coefficient (Wildman–Crippen LogP) is 10.8. The number of aliphatic hydroxyl groups excluding tert-OH is 1. The Morgan fingerprint density at radius 3 is 1.29 bits per heavy atom. The van der Waals surface area contributed by atoms with Crippen LogP contribution in [0.3, 0.4) is 0 Å². The number of carbonyl (C=O) groups excluding carboxylic acids is 1. The van der Waals surface area contributed by atoms with Gasteiger partial charge in [0.25, 0.3) is 0 Å². The molecule has 0 radical (unpaired) electrons. The van der Waals surface area contributed by atoms with E-state index in [0.29, 0.717) is 6.42 Å². The van der Waals surface area contributed by atoms with Crippen molar-refractivity contribution in [3.63, 3.8) is 0 Å². The van der Waals surface area contributed by atoms with Gasteiger partial charge in [0.1, 0.15) is 0 Å². The van der Waals surface area contributed by atoms with E-state index in [9.17, 15) is 24.3 Å². The molecule has 0 aromatic heterocycles. The molecule has 0 fully saturated rings. The average Bonchev–Trinajstić information content (AvgIpc) is 3.05. The lowest BCUT2D eigenvalue weighted by Gasteiger charge is -2.32. The van der Waals surface area contributed by atoms with Gasteiger partial charge in [0, 0.05) is 6.42 Å². The minimum absolute atomic E-state index is 0.264. The van der Waals surface area contributed by atoms with Crippen LogP contribution in [0.25, 0.3) is 0 Å². The first-order valence-corrected chi connectivity index (χ1v) is 22.1. The second-order valence-corrected chi connectivity index (χ2v) is 15.4. The second kappa shape index (κ2) is 36.1. The number of nitrogens with one attached hydrogen (secondary N) is 1. The number of hydrogen-bond donors (Lipinski definition) is 2. The number of hydrogen-bond acceptors (Lipinski definition) is 6. The highest BCUT2D eigenvalue weighted by molar-refractivity contribution is 7.43. The fourth-order valence-corrected chi connectivity index (χ4v) is 6.68. The summed E-state index contributed by atoms with van der Waals surface area (Å²) in [6, 6.07) is -0.984. The van der Waals surface area contributed by atoms with E-state index in [1.54, 1.807) is 6.08 Å². The van der Waals surface area contributed by atoms with Gasteiger partial charge in [-0.15, -0.1) is 0 Å². The summed E-state index contributed by atoms with van der Waals surface area (Å²) in [4.78, 5) is 34.6. The largest absolute Gasteiger partial charge is 0.790 e. The summed E-state index contributed by atoms with van der Waals surface area (Å²) in [5, 5.41) is 13.3. The summed E-state index contributed by atoms with van der Waals surface area (Å²) in [6.45, 7) is 3.94. The molecule has 2 atom stereocenters. The number of unbranched alkanes of at least 4 members (excludes halogenated alkanes) is 29. The summed E-state index contributed by atoms with van der Waals surface area (Å²) >= 11 is 0. The first kappa shape index (κ1) is 47.3. The standard InChI is InChI=1S/C40H80NO6P/c1-3-5-7-9-11-13-15-17-18-19-20-21-22-24-26-28-30-32-34-36-40(43)41-38(37-47-48(44,45)46)39(42)35-33-31-29-27-25-23-16-14-12-10-8-6-4-2/h33,35,38-39,42H,3-32,34,36-37H2,1-2H3,(H,41,43)(H2,44,45,46)/p-2/b35-33+/t38-,39+/m0/s1. The molecule has 7 nitrogen and oxygen atoms in total. The third-order valence-electron chi connectivity index (χ3n) is 9.49. The van der Waals surface area contributed by atoms with E-state index in [1.807, 2.05) is 6.08 Å². The molecule has 0 bridgehead atoms. The Morgan fingerprint density at radius 2 is 0.938 bits per heavy atom. The van der Waals surface area contributed by atoms with Crippen LogP contribution in [0.15, 0.2) is 12.2 Å². The second-order valence-electron chi connectivity index (χ2n) is 14.3. The zero-order valence-electron chi connectivity index (χ0n) is 31.6. The average molecular weight is 700 g/mol. The van der Waals surface area contributed by atoms with Crippen LogP contribution in [0.1, 0.15) is 219 Å². The van der Waals surface area contributed by atoms with Gasteiger partial charge in [-0.3, -0.25) is 4.79 Å². The molecule has 0 aromatic carbocycles. The molecule has 2 N–H and O–H groups in total. The lowest BCUT2D eigenvalue weighted by atomic mass is 10.0. The van der Waals surface area contributed by atoms with Crippen LogP contribution >= 0.6 is 7.82 Å². The van der Waals surface area contributed by atoms with Crippen molar-refractivity contribution >= 4 is 13.7 Å². The molecule has 0 aromatic rings. The van der Waals surface area contributed by atoms with E-state index in [0.717, 1.165) is 38.5 Å². The summed E-state index contributed by atoms with van der Waals surface area (Å²) < 4.78 is 15.4. The quantitative estimate of drug-likeness (QED) is 0.0376. The van der Waals surface area contributed by atoms with Crippen molar-refractivity contribution in [3.05, 3.63) is 12.2 Å². The van der Waals surface area contributed by atoms with Gasteiger partial charge < -0.3 is 29.3 Å². The lowest BCUT2D eigenvalue weighted by Crippen LogP contribution is -2.46. The molecule has 0 aliphatic rings. The predicted molar refractivity (Wildman–Crippen MR) is 200 cm³/mol. The van der Waals surface area contributed by atoms with Crippen molar-refractivity contribution in [2.24, 2.45) is 0 Å². The molecule has 0 rings (SSSR count). The van der Waals surface area contributed by atoms with Gasteiger partial charge in [-0.1, -0.05) is 206 Å². The highest BCUT2D eigenvalue weighted by Crippen LogP contribution is 2.25. The molecule has 0 aliphatic carbocycles. The maximum Gasteiger partial charge on any atom is 0.220 e. The first-order valence-electron chi connectivity index (χ1n) is 20.6. The summed E-state index contributed by atoms with van der Waals surface area (Å²) in [6.07, 6.45) is 41.9. The molecule has 0 spiro atoms. The summed E-state index contributed by atoms with van der Waals surface area (Å²) in [5.74, 6) is -0.264. The summed E-state index contributed by atoms with van der Waals surface area (Å²) in [7, 11) is -5.21. The van der Waals surface area contributed by atoms with Gasteiger partial charge in [-0.25, -0.2) is 0 Å². The van der Waals surface area contributed by atoms with Gasteiger partial charge >= 0.3 is 0 Å². The van der Waals surface area contributed by atoms with Gasteiger partial charge in [-0.05, 0) is 19.3 Å². The van der Waals surface area contributed by atoms with Crippen LogP contribution in [-0.4, -0.2) is 29.8 Å². The topological polar surface area (TPSA) is 122 Å². The van der Waals surface area contributed by atoms with Crippen LogP contribution in [0.5, 0.6) is 0 Å². The maximum atomic E-state index is 12.5. The Kier molecular flexibility index (Phi) is 35.5. The molecule has 48 heavy (non-hydrogen) atoms. The zero-order chi connectivity index (χ0) is 35.4. The van der Waals surface area contributed by atoms with E-state index in [2.05, 4.69) is 23.7 Å². The van der Waals surface area contributed by atoms with Crippen LogP contribution in [-0.2, 0) is 13.9 Å². The van der Waals surface area contributed by atoms with Crippen LogP contribution < -0.4 is 15.1 Å². The molecular formula is C40H78NO6P-2. The molecule has 0 saturated heterocycles. The number of rotatable bonds is 38. The molecule has 1 amide bonds. The molecular weight excluding hydrogens is 621 g/mol. The highest BCUT2D eigenvalue weighted by atomic mass is 31.2. The van der Waals surface area contributed by atoms with Crippen LogP contribution in [0, 0.1) is 0 Å². The number of carbonyl (C=O) groups is 1. The molecule has 0 heterocycles. The van der Waals surface area contributed by atoms with Crippen LogP contribution in [0.2, 0.25) is 0 Å². The molecule has 286 valence electrons. The van der Waals surface area contributed by atoms with Crippen molar-refractivity contribution in [3.8, 4) is 0 Å². The normalized spacial score (nSPS) is 13.4. The fourth-order valence-electron chi connectivity index (χ4n) is 6.34. The van der Waals surface area contributed by atoms with Crippen molar-refractivity contribution in [2.45, 2.75) is 231 Å². The van der Waals surface area contributed by atoms with Gasteiger partial charge in [0.05, 0.1) is 26.6 Å². The molecule has 0 unspecified atom stereocenters. The minimum Gasteiger partial charge on any atom is -0.790 e. The maximum absolute atomic E-state index is 12.5. The third-order valence-corrected chi connectivity index (χ3v) is 9.95. The van der Waals surface area contributed by atoms with E-state index in [-0.39, 0.29) is 5.91 Å². The van der Waals surface area contributed by atoms with E-state index < -0.39 is 26.6 Å². The smallest absolute Gasteiger partial charge is 0.220 e. The van der Waals surface area contributed by atoms with E-state index >= 15 is 0 Å². The lowest BCUT2D eigenvalue weighted by molar-refractivity contribution is -0.342. The highest BCUT2D eigenvalue weighted by Gasteiger charge is 2.20. The number of amides is 1. The molecule has 0 aliphatic heterocycles. The fraction of sp³-hybridized carbons (Fsp3) is 0.925. The van der Waals surface area contributed by atoms with Crippen molar-refractivity contribution in [1.29, 1.82) is 0 Å². The van der Waals surface area contributed by atoms with Crippen LogP contribution in [0.4, 0.5) is 0 Å². The number of allylic oxidation sites excluding steroid dienone is 1. The third kappa shape index (κ3) is 36.6. The Hall–Kier alpha value is -0.720. The molecule has 8 heteroatoms. The van der Waals surface area contributed by atoms with Crippen molar-refractivity contribution in [2.75, 3.05) is 6.61 Å². The van der Waals surface area contributed by atoms with E-state index in [1.165, 1.54) is 161 Å². The number of phosphoric ester groups is 1. The van der Waals surface area contributed by atoms with E-state index in [4.69, 9.17) is 0 Å². The Balaban J connectivity index is 3.92. The Morgan fingerprint density at radius 1 is 0.604 bits per heavy atom.